The minimum atomic E-state index is 0.0569. The van der Waals surface area contributed by atoms with Gasteiger partial charge in [-0.05, 0) is 78.8 Å². The van der Waals surface area contributed by atoms with E-state index in [0.29, 0.717) is 23.0 Å². The largest absolute Gasteiger partial charge is 0.507 e. The fourth-order valence-corrected chi connectivity index (χ4v) is 4.81. The summed E-state index contributed by atoms with van der Waals surface area (Å²) >= 11 is 0. The smallest absolute Gasteiger partial charge is 0.151 e. The molecule has 2 N–H and O–H groups in total. The summed E-state index contributed by atoms with van der Waals surface area (Å²) in [6, 6.07) is 7.81. The van der Waals surface area contributed by atoms with Crippen molar-refractivity contribution in [1.82, 2.24) is 15.5 Å². The topological polar surface area (TPSA) is 73.6 Å². The van der Waals surface area contributed by atoms with E-state index in [-0.39, 0.29) is 16.8 Å². The predicted molar refractivity (Wildman–Crippen MR) is 135 cm³/mol. The number of aliphatic imine (C=N–C) groups is 1. The van der Waals surface area contributed by atoms with E-state index >= 15 is 0 Å². The van der Waals surface area contributed by atoms with Crippen LogP contribution in [0.4, 0.5) is 11.5 Å². The molecular formula is C26H37N5O. The minimum Gasteiger partial charge on any atom is -0.507 e. The van der Waals surface area contributed by atoms with E-state index < -0.39 is 0 Å². The van der Waals surface area contributed by atoms with Crippen molar-refractivity contribution in [1.29, 1.82) is 0 Å². The van der Waals surface area contributed by atoms with Crippen LogP contribution in [0.15, 0.2) is 34.8 Å². The normalized spacial score (nSPS) is 18.4. The second kappa shape index (κ2) is 9.02. The first kappa shape index (κ1) is 23.9. The van der Waals surface area contributed by atoms with Crippen LogP contribution in [0.1, 0.15) is 66.4 Å². The Morgan fingerprint density at radius 3 is 2.41 bits per heavy atom. The fraction of sp³-hybridized carbons (Fsp3) is 0.500. The third-order valence-electron chi connectivity index (χ3n) is 6.28. The van der Waals surface area contributed by atoms with Gasteiger partial charge in [0.2, 0.25) is 0 Å². The zero-order valence-corrected chi connectivity index (χ0v) is 20.5. The van der Waals surface area contributed by atoms with E-state index in [1.807, 2.05) is 18.2 Å². The summed E-state index contributed by atoms with van der Waals surface area (Å²) in [6.45, 7) is 16.8. The van der Waals surface area contributed by atoms with Crippen molar-refractivity contribution in [2.24, 2.45) is 4.99 Å². The Bertz CT molecular complexity index is 992. The van der Waals surface area contributed by atoms with E-state index in [9.17, 15) is 5.11 Å². The van der Waals surface area contributed by atoms with Gasteiger partial charge < -0.3 is 15.3 Å². The van der Waals surface area contributed by atoms with Crippen molar-refractivity contribution in [3.8, 4) is 17.0 Å². The number of phenolic OH excluding ortho intramolecular Hbond substituents is 1. The van der Waals surface area contributed by atoms with E-state index in [1.54, 1.807) is 6.07 Å². The number of anilines is 1. The van der Waals surface area contributed by atoms with Gasteiger partial charge in [0.25, 0.3) is 0 Å². The van der Waals surface area contributed by atoms with Crippen LogP contribution in [0, 0.1) is 0 Å². The molecule has 0 bridgehead atoms. The van der Waals surface area contributed by atoms with Crippen LogP contribution in [-0.4, -0.2) is 46.2 Å². The molecule has 172 valence electrons. The number of aromatic hydroxyl groups is 1. The monoisotopic (exact) mass is 435 g/mol. The zero-order valence-electron chi connectivity index (χ0n) is 20.5. The number of allylic oxidation sites excluding steroid dienone is 1. The number of piperidine rings is 1. The first-order valence-corrected chi connectivity index (χ1v) is 11.3. The summed E-state index contributed by atoms with van der Waals surface area (Å²) < 4.78 is 0. The number of phenols is 1. The Morgan fingerprint density at radius 1 is 1.22 bits per heavy atom. The molecule has 1 aromatic carbocycles. The number of rotatable bonds is 6. The fourth-order valence-electron chi connectivity index (χ4n) is 4.81. The lowest BCUT2D eigenvalue weighted by Gasteiger charge is -2.49. The van der Waals surface area contributed by atoms with Crippen molar-refractivity contribution in [3.63, 3.8) is 0 Å². The first-order chi connectivity index (χ1) is 14.9. The molecule has 3 rings (SSSR count). The quantitative estimate of drug-likeness (QED) is 0.566. The molecule has 1 aliphatic rings. The van der Waals surface area contributed by atoms with E-state index in [4.69, 9.17) is 0 Å². The molecule has 0 unspecified atom stereocenters. The SMILES string of the molecule is C=Nc1cc(O)c(-c2ccc(N(C)C3CC(C)(C)NC(C)(C)C3)nn2)cc1/C=C(\C)CC. The van der Waals surface area contributed by atoms with Gasteiger partial charge in [0.1, 0.15) is 5.75 Å². The van der Waals surface area contributed by atoms with Crippen molar-refractivity contribution >= 4 is 24.3 Å². The van der Waals surface area contributed by atoms with Gasteiger partial charge in [-0.25, -0.2) is 0 Å². The number of nitrogens with zero attached hydrogens (tertiary/aromatic N) is 4. The lowest BCUT2D eigenvalue weighted by Crippen LogP contribution is -2.62. The van der Waals surface area contributed by atoms with Crippen LogP contribution >= 0.6 is 0 Å². The molecule has 1 aromatic heterocycles. The van der Waals surface area contributed by atoms with Crippen molar-refractivity contribution in [2.45, 2.75) is 77.9 Å². The average molecular weight is 436 g/mol. The maximum absolute atomic E-state index is 10.6. The summed E-state index contributed by atoms with van der Waals surface area (Å²) in [4.78, 5) is 6.29. The summed E-state index contributed by atoms with van der Waals surface area (Å²) in [5.74, 6) is 0.953. The van der Waals surface area contributed by atoms with Gasteiger partial charge in [0, 0.05) is 41.4 Å². The zero-order chi connectivity index (χ0) is 23.7. The molecule has 32 heavy (non-hydrogen) atoms. The lowest BCUT2D eigenvalue weighted by molar-refractivity contribution is 0.160. The molecule has 1 fully saturated rings. The van der Waals surface area contributed by atoms with Crippen LogP contribution in [-0.2, 0) is 0 Å². The van der Waals surface area contributed by atoms with Crippen LogP contribution in [0.5, 0.6) is 5.75 Å². The molecule has 2 heterocycles. The number of nitrogens with one attached hydrogen (secondary N) is 1. The molecule has 0 spiro atoms. The summed E-state index contributed by atoms with van der Waals surface area (Å²) in [5, 5.41) is 23.3. The van der Waals surface area contributed by atoms with Crippen LogP contribution in [0.2, 0.25) is 0 Å². The molecule has 0 radical (unpaired) electrons. The number of aromatic nitrogens is 2. The lowest BCUT2D eigenvalue weighted by atomic mass is 9.79. The van der Waals surface area contributed by atoms with Gasteiger partial charge in [0.05, 0.1) is 11.4 Å². The molecule has 0 saturated carbocycles. The predicted octanol–water partition coefficient (Wildman–Crippen LogP) is 5.74. The Balaban J connectivity index is 1.90. The number of hydrogen-bond acceptors (Lipinski definition) is 6. The van der Waals surface area contributed by atoms with Gasteiger partial charge in [-0.1, -0.05) is 18.6 Å². The maximum atomic E-state index is 10.6. The van der Waals surface area contributed by atoms with Crippen molar-refractivity contribution in [2.75, 3.05) is 11.9 Å². The standard InChI is InChI=1S/C26H37N5O/c1-9-17(2)12-18-13-20(23(32)14-22(18)27-7)21-10-11-24(29-28-21)31(8)19-15-25(3,4)30-26(5,6)16-19/h10-14,19,30,32H,7,9,15-16H2,1-6,8H3/b17-12+. The molecule has 6 nitrogen and oxygen atoms in total. The van der Waals surface area contributed by atoms with E-state index in [2.05, 4.69) is 86.8 Å². The highest BCUT2D eigenvalue weighted by Crippen LogP contribution is 2.37. The summed E-state index contributed by atoms with van der Waals surface area (Å²) in [6.07, 6.45) is 5.07. The molecule has 0 atom stereocenters. The summed E-state index contributed by atoms with van der Waals surface area (Å²) in [5.41, 5.74) is 4.17. The molecule has 1 saturated heterocycles. The number of benzene rings is 1. The summed E-state index contributed by atoms with van der Waals surface area (Å²) in [7, 11) is 2.09. The van der Waals surface area contributed by atoms with Gasteiger partial charge in [-0.2, -0.15) is 0 Å². The van der Waals surface area contributed by atoms with Gasteiger partial charge in [-0.15, -0.1) is 10.2 Å². The third-order valence-corrected chi connectivity index (χ3v) is 6.28. The van der Waals surface area contributed by atoms with Crippen LogP contribution < -0.4 is 10.2 Å². The average Bonchev–Trinajstić information content (AvgIpc) is 2.72. The van der Waals surface area contributed by atoms with E-state index in [0.717, 1.165) is 30.6 Å². The first-order valence-electron chi connectivity index (χ1n) is 11.3. The minimum absolute atomic E-state index is 0.0569. The Morgan fingerprint density at radius 2 is 1.88 bits per heavy atom. The third kappa shape index (κ3) is 5.36. The van der Waals surface area contributed by atoms with Crippen LogP contribution in [0.25, 0.3) is 17.3 Å². The highest BCUT2D eigenvalue weighted by molar-refractivity contribution is 5.78. The second-order valence-electron chi connectivity index (χ2n) is 10.3. The molecule has 0 amide bonds. The highest BCUT2D eigenvalue weighted by atomic mass is 16.3. The van der Waals surface area contributed by atoms with Crippen molar-refractivity contribution in [3.05, 3.63) is 35.4 Å². The van der Waals surface area contributed by atoms with E-state index in [1.165, 1.54) is 5.57 Å². The second-order valence-corrected chi connectivity index (χ2v) is 10.3. The molecular weight excluding hydrogens is 398 g/mol. The highest BCUT2D eigenvalue weighted by Gasteiger charge is 2.39. The molecule has 0 aliphatic carbocycles. The van der Waals surface area contributed by atoms with Crippen molar-refractivity contribution < 1.29 is 5.11 Å². The van der Waals surface area contributed by atoms with Gasteiger partial charge >= 0.3 is 0 Å². The number of hydrogen-bond donors (Lipinski definition) is 2. The molecule has 1 aliphatic heterocycles. The van der Waals surface area contributed by atoms with Gasteiger partial charge in [-0.3, -0.25) is 4.99 Å². The Hall–Kier alpha value is -2.73. The van der Waals surface area contributed by atoms with Crippen LogP contribution in [0.3, 0.4) is 0 Å². The Labute approximate surface area is 192 Å². The maximum Gasteiger partial charge on any atom is 0.151 e. The molecule has 2 aromatic rings. The molecule has 6 heteroatoms. The van der Waals surface area contributed by atoms with Gasteiger partial charge in [0.15, 0.2) is 5.82 Å². The Kier molecular flexibility index (Phi) is 6.75.